The molecule has 1 aromatic heterocycles. The average molecular weight is 558 g/mol. The number of guanidine groups is 1. The smallest absolute Gasteiger partial charge is 0.190 e. The van der Waals surface area contributed by atoms with Crippen molar-refractivity contribution < 1.29 is 12.8 Å². The van der Waals surface area contributed by atoms with Crippen LogP contribution in [0.4, 0.5) is 4.39 Å². The first-order valence-corrected chi connectivity index (χ1v) is 11.7. The number of aliphatic imine (C=N–C) groups is 1. The Morgan fingerprint density at radius 2 is 1.84 bits per heavy atom. The standard InChI is InChI=1S/C22H27FN4O2S.HI/c1-24-22(25-11-5-13-30(28,29)16-17-6-3-2-4-7-17)26-12-10-18-15-27-21-9-8-19(23)14-20(18)21;/h2-4,6-9,14-15,27H,5,10-13,16H2,1H3,(H2,24,25,26);1H. The molecule has 0 unspecified atom stereocenters. The second-order valence-electron chi connectivity index (χ2n) is 7.11. The predicted molar refractivity (Wildman–Crippen MR) is 135 cm³/mol. The van der Waals surface area contributed by atoms with Crippen molar-refractivity contribution in [1.29, 1.82) is 0 Å². The van der Waals surface area contributed by atoms with Gasteiger partial charge < -0.3 is 15.6 Å². The molecule has 0 aliphatic carbocycles. The van der Waals surface area contributed by atoms with Crippen LogP contribution in [-0.4, -0.2) is 45.3 Å². The summed E-state index contributed by atoms with van der Waals surface area (Å²) in [7, 11) is -1.48. The van der Waals surface area contributed by atoms with E-state index in [1.54, 1.807) is 13.1 Å². The molecule has 0 atom stereocenters. The van der Waals surface area contributed by atoms with Gasteiger partial charge in [-0.25, -0.2) is 12.8 Å². The van der Waals surface area contributed by atoms with Crippen LogP contribution in [0.15, 0.2) is 59.7 Å². The number of fused-ring (bicyclic) bond motifs is 1. The molecule has 6 nitrogen and oxygen atoms in total. The van der Waals surface area contributed by atoms with Gasteiger partial charge in [-0.1, -0.05) is 30.3 Å². The minimum Gasteiger partial charge on any atom is -0.361 e. The van der Waals surface area contributed by atoms with E-state index in [1.165, 1.54) is 12.1 Å². The fourth-order valence-electron chi connectivity index (χ4n) is 3.29. The van der Waals surface area contributed by atoms with E-state index in [4.69, 9.17) is 0 Å². The van der Waals surface area contributed by atoms with Gasteiger partial charge in [-0.2, -0.15) is 0 Å². The van der Waals surface area contributed by atoms with Crippen molar-refractivity contribution in [1.82, 2.24) is 15.6 Å². The van der Waals surface area contributed by atoms with Crippen LogP contribution in [-0.2, 0) is 22.0 Å². The van der Waals surface area contributed by atoms with Gasteiger partial charge in [-0.15, -0.1) is 24.0 Å². The van der Waals surface area contributed by atoms with E-state index in [0.717, 1.165) is 22.0 Å². The van der Waals surface area contributed by atoms with Crippen molar-refractivity contribution in [3.8, 4) is 0 Å². The summed E-state index contributed by atoms with van der Waals surface area (Å²) in [5, 5.41) is 7.22. The summed E-state index contributed by atoms with van der Waals surface area (Å²) < 4.78 is 38.0. The van der Waals surface area contributed by atoms with Crippen LogP contribution in [0, 0.1) is 5.82 Å². The van der Waals surface area contributed by atoms with Crippen molar-refractivity contribution in [2.24, 2.45) is 4.99 Å². The lowest BCUT2D eigenvalue weighted by molar-refractivity contribution is 0.591. The third-order valence-electron chi connectivity index (χ3n) is 4.79. The number of hydrogen-bond acceptors (Lipinski definition) is 3. The molecule has 0 aliphatic rings. The molecule has 0 saturated carbocycles. The molecule has 0 amide bonds. The Bertz CT molecular complexity index is 1100. The van der Waals surface area contributed by atoms with E-state index < -0.39 is 9.84 Å². The van der Waals surface area contributed by atoms with Gasteiger partial charge in [0.2, 0.25) is 0 Å². The minimum absolute atomic E-state index is 0. The molecule has 2 aromatic carbocycles. The van der Waals surface area contributed by atoms with Crippen LogP contribution < -0.4 is 10.6 Å². The summed E-state index contributed by atoms with van der Waals surface area (Å²) in [6.45, 7) is 1.13. The van der Waals surface area contributed by atoms with E-state index in [0.29, 0.717) is 31.9 Å². The Hall–Kier alpha value is -2.14. The highest BCUT2D eigenvalue weighted by Crippen LogP contribution is 2.19. The summed E-state index contributed by atoms with van der Waals surface area (Å²) >= 11 is 0. The maximum atomic E-state index is 13.5. The molecule has 9 heteroatoms. The van der Waals surface area contributed by atoms with Gasteiger partial charge in [0, 0.05) is 37.2 Å². The largest absolute Gasteiger partial charge is 0.361 e. The van der Waals surface area contributed by atoms with Crippen LogP contribution in [0.1, 0.15) is 17.5 Å². The molecule has 0 aliphatic heterocycles. The first-order valence-electron chi connectivity index (χ1n) is 9.91. The highest BCUT2D eigenvalue weighted by molar-refractivity contribution is 14.0. The average Bonchev–Trinajstić information content (AvgIpc) is 3.12. The summed E-state index contributed by atoms with van der Waals surface area (Å²) in [4.78, 5) is 7.31. The van der Waals surface area contributed by atoms with Crippen molar-refractivity contribution in [3.05, 3.63) is 71.7 Å². The van der Waals surface area contributed by atoms with Crippen molar-refractivity contribution in [3.63, 3.8) is 0 Å². The molecule has 0 spiro atoms. The Balaban J connectivity index is 0.00000341. The second kappa shape index (κ2) is 12.0. The Morgan fingerprint density at radius 1 is 1.10 bits per heavy atom. The van der Waals surface area contributed by atoms with E-state index >= 15 is 0 Å². The first kappa shape index (κ1) is 25.1. The number of benzene rings is 2. The number of aromatic amines is 1. The predicted octanol–water partition coefficient (Wildman–Crippen LogP) is 3.64. The van der Waals surface area contributed by atoms with Crippen molar-refractivity contribution >= 4 is 50.7 Å². The summed E-state index contributed by atoms with van der Waals surface area (Å²) in [6, 6.07) is 13.9. The minimum atomic E-state index is -3.14. The molecular weight excluding hydrogens is 530 g/mol. The summed E-state index contributed by atoms with van der Waals surface area (Å²) in [5.74, 6) is 0.538. The molecule has 1 heterocycles. The number of nitrogens with one attached hydrogen (secondary N) is 3. The van der Waals surface area contributed by atoms with Crippen LogP contribution in [0.2, 0.25) is 0 Å². The molecule has 0 radical (unpaired) electrons. The summed E-state index contributed by atoms with van der Waals surface area (Å²) in [6.07, 6.45) is 3.09. The molecule has 31 heavy (non-hydrogen) atoms. The molecule has 3 aromatic rings. The molecule has 168 valence electrons. The van der Waals surface area contributed by atoms with Crippen LogP contribution in [0.25, 0.3) is 10.9 Å². The molecular formula is C22H28FIN4O2S. The third kappa shape index (κ3) is 7.80. The number of aromatic nitrogens is 1. The number of nitrogens with zero attached hydrogens (tertiary/aromatic N) is 1. The monoisotopic (exact) mass is 558 g/mol. The van der Waals surface area contributed by atoms with Crippen molar-refractivity contribution in [2.45, 2.75) is 18.6 Å². The zero-order valence-corrected chi connectivity index (χ0v) is 20.5. The second-order valence-corrected chi connectivity index (χ2v) is 9.29. The highest BCUT2D eigenvalue weighted by atomic mass is 127. The molecule has 3 rings (SSSR count). The van der Waals surface area contributed by atoms with E-state index in [-0.39, 0.29) is 41.3 Å². The first-order chi connectivity index (χ1) is 14.5. The maximum Gasteiger partial charge on any atom is 0.190 e. The van der Waals surface area contributed by atoms with Crippen LogP contribution in [0.3, 0.4) is 0 Å². The van der Waals surface area contributed by atoms with E-state index in [2.05, 4.69) is 20.6 Å². The van der Waals surface area contributed by atoms with Gasteiger partial charge in [0.05, 0.1) is 11.5 Å². The number of hydrogen-bond donors (Lipinski definition) is 3. The highest BCUT2D eigenvalue weighted by Gasteiger charge is 2.11. The number of H-pyrrole nitrogens is 1. The zero-order chi connectivity index (χ0) is 21.4. The fraction of sp³-hybridized carbons (Fsp3) is 0.318. The SMILES string of the molecule is CN=C(NCCCS(=O)(=O)Cc1ccccc1)NCCc1c[nH]c2ccc(F)cc12.I. The lowest BCUT2D eigenvalue weighted by Crippen LogP contribution is -2.39. The van der Waals surface area contributed by atoms with E-state index in [9.17, 15) is 12.8 Å². The van der Waals surface area contributed by atoms with Crippen molar-refractivity contribution in [2.75, 3.05) is 25.9 Å². The molecule has 0 fully saturated rings. The number of halogens is 2. The topological polar surface area (TPSA) is 86.3 Å². The summed E-state index contributed by atoms with van der Waals surface area (Å²) in [5.41, 5.74) is 2.74. The van der Waals surface area contributed by atoms with Gasteiger partial charge in [0.25, 0.3) is 0 Å². The van der Waals surface area contributed by atoms with Gasteiger partial charge in [0.1, 0.15) is 5.82 Å². The van der Waals surface area contributed by atoms with Gasteiger partial charge in [-0.05, 0) is 42.2 Å². The quantitative estimate of drug-likeness (QED) is 0.162. The van der Waals surface area contributed by atoms with Gasteiger partial charge in [0.15, 0.2) is 15.8 Å². The maximum absolute atomic E-state index is 13.5. The normalized spacial score (nSPS) is 11.9. The van der Waals surface area contributed by atoms with E-state index in [1.807, 2.05) is 36.5 Å². The lowest BCUT2D eigenvalue weighted by Gasteiger charge is -2.12. The zero-order valence-electron chi connectivity index (χ0n) is 17.4. The van der Waals surface area contributed by atoms with Crippen LogP contribution in [0.5, 0.6) is 0 Å². The van der Waals surface area contributed by atoms with Gasteiger partial charge >= 0.3 is 0 Å². The number of rotatable bonds is 9. The van der Waals surface area contributed by atoms with Gasteiger partial charge in [-0.3, -0.25) is 4.99 Å². The molecule has 0 bridgehead atoms. The fourth-order valence-corrected chi connectivity index (χ4v) is 4.72. The molecule has 3 N–H and O–H groups in total. The lowest BCUT2D eigenvalue weighted by atomic mass is 10.1. The Kier molecular flexibility index (Phi) is 9.76. The Labute approximate surface area is 199 Å². The van der Waals surface area contributed by atoms with Crippen LogP contribution >= 0.6 is 24.0 Å². The third-order valence-corrected chi connectivity index (χ3v) is 6.48. The Morgan fingerprint density at radius 3 is 2.58 bits per heavy atom. The molecule has 0 saturated heterocycles. The number of sulfone groups is 1.